The summed E-state index contributed by atoms with van der Waals surface area (Å²) in [7, 11) is 0. The molecule has 0 spiro atoms. The van der Waals surface area contributed by atoms with E-state index in [2.05, 4.69) is 5.32 Å². The van der Waals surface area contributed by atoms with Crippen molar-refractivity contribution in [2.75, 3.05) is 13.1 Å². The standard InChI is InChI=1S/C9H13N3O/c10-4-5-12-6-8(11-9(12)13)7-2-1-3-7/h7-8H,1-3,5-6H2,(H,11,13). The maximum absolute atomic E-state index is 11.3. The van der Waals surface area contributed by atoms with Gasteiger partial charge in [-0.2, -0.15) is 5.26 Å². The van der Waals surface area contributed by atoms with Gasteiger partial charge in [-0.15, -0.1) is 0 Å². The molecule has 0 radical (unpaired) electrons. The summed E-state index contributed by atoms with van der Waals surface area (Å²) in [4.78, 5) is 12.9. The van der Waals surface area contributed by atoms with Crippen LogP contribution in [0.5, 0.6) is 0 Å². The predicted octanol–water partition coefficient (Wildman–Crippen LogP) is 0.704. The van der Waals surface area contributed by atoms with E-state index in [9.17, 15) is 4.79 Å². The average molecular weight is 179 g/mol. The van der Waals surface area contributed by atoms with Gasteiger partial charge in [-0.25, -0.2) is 4.79 Å². The summed E-state index contributed by atoms with van der Waals surface area (Å²) in [6.07, 6.45) is 3.74. The van der Waals surface area contributed by atoms with E-state index in [-0.39, 0.29) is 12.6 Å². The Balaban J connectivity index is 1.90. The van der Waals surface area contributed by atoms with Gasteiger partial charge in [0.25, 0.3) is 0 Å². The fourth-order valence-corrected chi connectivity index (χ4v) is 1.95. The van der Waals surface area contributed by atoms with Crippen LogP contribution >= 0.6 is 0 Å². The minimum atomic E-state index is -0.0709. The molecule has 2 aliphatic rings. The van der Waals surface area contributed by atoms with Gasteiger partial charge in [0, 0.05) is 6.54 Å². The van der Waals surface area contributed by atoms with Crippen LogP contribution in [0.4, 0.5) is 4.79 Å². The first-order chi connectivity index (χ1) is 6.31. The van der Waals surface area contributed by atoms with E-state index < -0.39 is 0 Å². The van der Waals surface area contributed by atoms with Gasteiger partial charge in [0.2, 0.25) is 0 Å². The van der Waals surface area contributed by atoms with E-state index in [4.69, 9.17) is 5.26 Å². The number of hydrogen-bond donors (Lipinski definition) is 1. The highest BCUT2D eigenvalue weighted by atomic mass is 16.2. The molecule has 1 heterocycles. The second-order valence-corrected chi connectivity index (χ2v) is 3.79. The van der Waals surface area contributed by atoms with Crippen molar-refractivity contribution in [3.05, 3.63) is 0 Å². The monoisotopic (exact) mass is 179 g/mol. The molecule has 2 fully saturated rings. The molecule has 1 N–H and O–H groups in total. The van der Waals surface area contributed by atoms with Crippen molar-refractivity contribution in [2.45, 2.75) is 25.3 Å². The van der Waals surface area contributed by atoms with Gasteiger partial charge in [0.05, 0.1) is 12.1 Å². The zero-order valence-corrected chi connectivity index (χ0v) is 7.49. The predicted molar refractivity (Wildman–Crippen MR) is 46.8 cm³/mol. The molecule has 1 saturated heterocycles. The molecule has 70 valence electrons. The molecular weight excluding hydrogens is 166 g/mol. The van der Waals surface area contributed by atoms with Crippen LogP contribution in [0.3, 0.4) is 0 Å². The molecule has 1 atom stereocenters. The van der Waals surface area contributed by atoms with E-state index in [1.54, 1.807) is 4.90 Å². The highest BCUT2D eigenvalue weighted by Crippen LogP contribution is 2.31. The SMILES string of the molecule is N#CCN1CC(C2CCC2)NC1=O. The van der Waals surface area contributed by atoms with Gasteiger partial charge in [-0.3, -0.25) is 0 Å². The van der Waals surface area contributed by atoms with Crippen molar-refractivity contribution in [3.63, 3.8) is 0 Å². The van der Waals surface area contributed by atoms with E-state index in [1.807, 2.05) is 6.07 Å². The van der Waals surface area contributed by atoms with Crippen molar-refractivity contribution < 1.29 is 4.79 Å². The normalized spacial score (nSPS) is 28.1. The summed E-state index contributed by atoms with van der Waals surface area (Å²) in [5.41, 5.74) is 0. The third kappa shape index (κ3) is 1.46. The van der Waals surface area contributed by atoms with Crippen LogP contribution in [0.1, 0.15) is 19.3 Å². The lowest BCUT2D eigenvalue weighted by Crippen LogP contribution is -2.37. The number of rotatable bonds is 2. The van der Waals surface area contributed by atoms with Crippen LogP contribution in [0, 0.1) is 17.2 Å². The number of amides is 2. The maximum atomic E-state index is 11.3. The lowest BCUT2D eigenvalue weighted by molar-refractivity contribution is 0.222. The molecule has 4 nitrogen and oxygen atoms in total. The van der Waals surface area contributed by atoms with E-state index in [0.717, 1.165) is 6.54 Å². The Kier molecular flexibility index (Phi) is 2.09. The molecule has 1 unspecified atom stereocenters. The summed E-state index contributed by atoms with van der Waals surface area (Å²) in [5, 5.41) is 11.4. The Labute approximate surface area is 77.5 Å². The Morgan fingerprint density at radius 3 is 2.92 bits per heavy atom. The molecule has 2 amide bonds. The Morgan fingerprint density at radius 2 is 2.38 bits per heavy atom. The zero-order chi connectivity index (χ0) is 9.26. The van der Waals surface area contributed by atoms with Crippen LogP contribution in [0.15, 0.2) is 0 Å². The van der Waals surface area contributed by atoms with Crippen LogP contribution in [0.25, 0.3) is 0 Å². The minimum absolute atomic E-state index is 0.0709. The van der Waals surface area contributed by atoms with Crippen molar-refractivity contribution in [1.29, 1.82) is 5.26 Å². The van der Waals surface area contributed by atoms with Gasteiger partial charge < -0.3 is 10.2 Å². The van der Waals surface area contributed by atoms with Crippen molar-refractivity contribution in [3.8, 4) is 6.07 Å². The Morgan fingerprint density at radius 1 is 1.62 bits per heavy atom. The van der Waals surface area contributed by atoms with Gasteiger partial charge in [0.15, 0.2) is 0 Å². The molecule has 0 bridgehead atoms. The maximum Gasteiger partial charge on any atom is 0.318 e. The van der Waals surface area contributed by atoms with Crippen molar-refractivity contribution >= 4 is 6.03 Å². The van der Waals surface area contributed by atoms with Gasteiger partial charge in [-0.1, -0.05) is 6.42 Å². The number of carbonyl (C=O) groups excluding carboxylic acids is 1. The van der Waals surface area contributed by atoms with Crippen LogP contribution in [0.2, 0.25) is 0 Å². The largest absolute Gasteiger partial charge is 0.333 e. The summed E-state index contributed by atoms with van der Waals surface area (Å²) >= 11 is 0. The van der Waals surface area contributed by atoms with E-state index >= 15 is 0 Å². The number of urea groups is 1. The van der Waals surface area contributed by atoms with Crippen molar-refractivity contribution in [2.24, 2.45) is 5.92 Å². The fourth-order valence-electron chi connectivity index (χ4n) is 1.95. The Bertz CT molecular complexity index is 254. The molecule has 0 aromatic rings. The highest BCUT2D eigenvalue weighted by molar-refractivity contribution is 5.77. The molecule has 0 aromatic carbocycles. The third-order valence-corrected chi connectivity index (χ3v) is 2.99. The lowest BCUT2D eigenvalue weighted by atomic mass is 9.80. The van der Waals surface area contributed by atoms with Gasteiger partial charge in [0.1, 0.15) is 6.54 Å². The molecule has 0 aromatic heterocycles. The Hall–Kier alpha value is -1.24. The fraction of sp³-hybridized carbons (Fsp3) is 0.778. The molecule has 1 aliphatic carbocycles. The first-order valence-corrected chi connectivity index (χ1v) is 4.73. The topological polar surface area (TPSA) is 56.1 Å². The number of nitrogens with zero attached hydrogens (tertiary/aromatic N) is 2. The second-order valence-electron chi connectivity index (χ2n) is 3.79. The minimum Gasteiger partial charge on any atom is -0.333 e. The molecular formula is C9H13N3O. The number of hydrogen-bond acceptors (Lipinski definition) is 2. The van der Waals surface area contributed by atoms with Gasteiger partial charge >= 0.3 is 6.03 Å². The number of nitrogens with one attached hydrogen (secondary N) is 1. The second kappa shape index (κ2) is 3.25. The van der Waals surface area contributed by atoms with Crippen molar-refractivity contribution in [1.82, 2.24) is 10.2 Å². The molecule has 13 heavy (non-hydrogen) atoms. The number of carbonyl (C=O) groups is 1. The zero-order valence-electron chi connectivity index (χ0n) is 7.49. The van der Waals surface area contributed by atoms with Crippen LogP contribution in [-0.2, 0) is 0 Å². The molecule has 2 rings (SSSR count). The highest BCUT2D eigenvalue weighted by Gasteiger charge is 2.36. The first kappa shape index (κ1) is 8.36. The third-order valence-electron chi connectivity index (χ3n) is 2.99. The summed E-state index contributed by atoms with van der Waals surface area (Å²) < 4.78 is 0. The smallest absolute Gasteiger partial charge is 0.318 e. The average Bonchev–Trinajstić information content (AvgIpc) is 2.30. The lowest BCUT2D eigenvalue weighted by Gasteiger charge is -2.30. The summed E-state index contributed by atoms with van der Waals surface area (Å²) in [6.45, 7) is 0.937. The van der Waals surface area contributed by atoms with Crippen LogP contribution < -0.4 is 5.32 Å². The van der Waals surface area contributed by atoms with E-state index in [0.29, 0.717) is 12.0 Å². The molecule has 4 heteroatoms. The summed E-state index contributed by atoms with van der Waals surface area (Å²) in [6, 6.07) is 2.23. The number of nitriles is 1. The first-order valence-electron chi connectivity index (χ1n) is 4.73. The molecule has 1 saturated carbocycles. The van der Waals surface area contributed by atoms with Crippen LogP contribution in [-0.4, -0.2) is 30.1 Å². The molecule has 1 aliphatic heterocycles. The quantitative estimate of drug-likeness (QED) is 0.634. The van der Waals surface area contributed by atoms with Gasteiger partial charge in [-0.05, 0) is 18.8 Å². The summed E-state index contributed by atoms with van der Waals surface area (Å²) in [5.74, 6) is 0.660. The van der Waals surface area contributed by atoms with E-state index in [1.165, 1.54) is 19.3 Å².